The average molecular weight is 429 g/mol. The predicted molar refractivity (Wildman–Crippen MR) is 110 cm³/mol. The van der Waals surface area contributed by atoms with Crippen LogP contribution in [0.4, 0.5) is 24.8 Å². The number of aromatic nitrogens is 4. The molecule has 1 saturated carbocycles. The summed E-state index contributed by atoms with van der Waals surface area (Å²) >= 11 is 0. The monoisotopic (exact) mass is 429 g/mol. The summed E-state index contributed by atoms with van der Waals surface area (Å²) in [5, 5.41) is 2.85. The lowest BCUT2D eigenvalue weighted by molar-refractivity contribution is -0.141. The number of anilines is 2. The summed E-state index contributed by atoms with van der Waals surface area (Å²) in [6, 6.07) is 6.73. The number of aryl methyl sites for hydroxylation is 1. The molecule has 0 spiro atoms. The predicted octanol–water partition coefficient (Wildman–Crippen LogP) is 5.72. The van der Waals surface area contributed by atoms with Gasteiger partial charge in [-0.3, -0.25) is 0 Å². The molecule has 1 N–H and O–H groups in total. The standard InChI is InChI=1S/C22H22F3N5O/c1-14-9-15(16-12-27-21(28-13-16)31-18-5-3-2-4-6-18)11-17(10-14)29-20-26-8-7-19(30-20)22(23,24)25/h7-13,18H,2-6H2,1H3,(H,26,29,30). The topological polar surface area (TPSA) is 72.8 Å². The molecule has 0 atom stereocenters. The minimum absolute atomic E-state index is 0.126. The average Bonchev–Trinajstić information content (AvgIpc) is 2.74. The molecule has 2 aromatic heterocycles. The van der Waals surface area contributed by atoms with Crippen LogP contribution >= 0.6 is 0 Å². The van der Waals surface area contributed by atoms with Gasteiger partial charge in [0, 0.05) is 29.8 Å². The first-order chi connectivity index (χ1) is 14.9. The lowest BCUT2D eigenvalue weighted by Crippen LogP contribution is -2.20. The summed E-state index contributed by atoms with van der Waals surface area (Å²) in [5.41, 5.74) is 2.07. The maximum absolute atomic E-state index is 12.9. The van der Waals surface area contributed by atoms with Gasteiger partial charge in [0.15, 0.2) is 0 Å². The van der Waals surface area contributed by atoms with E-state index in [4.69, 9.17) is 4.74 Å². The molecule has 1 aliphatic carbocycles. The molecule has 0 bridgehead atoms. The van der Waals surface area contributed by atoms with Gasteiger partial charge < -0.3 is 10.1 Å². The summed E-state index contributed by atoms with van der Waals surface area (Å²) in [5.74, 6) is -0.126. The van der Waals surface area contributed by atoms with E-state index in [1.165, 1.54) is 6.42 Å². The van der Waals surface area contributed by atoms with Crippen molar-refractivity contribution in [2.24, 2.45) is 0 Å². The summed E-state index contributed by atoms with van der Waals surface area (Å²) < 4.78 is 44.6. The fourth-order valence-corrected chi connectivity index (χ4v) is 3.59. The Hall–Kier alpha value is -3.23. The van der Waals surface area contributed by atoms with Crippen molar-refractivity contribution in [3.8, 4) is 17.1 Å². The quantitative estimate of drug-likeness (QED) is 0.560. The Balaban J connectivity index is 1.51. The van der Waals surface area contributed by atoms with Crippen molar-refractivity contribution in [3.05, 3.63) is 54.1 Å². The van der Waals surface area contributed by atoms with Crippen LogP contribution in [0, 0.1) is 6.92 Å². The van der Waals surface area contributed by atoms with Crippen molar-refractivity contribution in [3.63, 3.8) is 0 Å². The molecule has 0 amide bonds. The molecule has 0 radical (unpaired) electrons. The van der Waals surface area contributed by atoms with Crippen LogP contribution in [0.1, 0.15) is 43.4 Å². The van der Waals surface area contributed by atoms with E-state index in [0.717, 1.165) is 54.6 Å². The molecule has 0 aliphatic heterocycles. The van der Waals surface area contributed by atoms with Gasteiger partial charge in [-0.25, -0.2) is 19.9 Å². The zero-order valence-corrected chi connectivity index (χ0v) is 17.0. The zero-order valence-electron chi connectivity index (χ0n) is 17.0. The van der Waals surface area contributed by atoms with E-state index in [2.05, 4.69) is 25.3 Å². The third-order valence-electron chi connectivity index (χ3n) is 5.07. The van der Waals surface area contributed by atoms with Crippen molar-refractivity contribution >= 4 is 11.6 Å². The van der Waals surface area contributed by atoms with E-state index < -0.39 is 11.9 Å². The van der Waals surface area contributed by atoms with Crippen LogP contribution in [-0.4, -0.2) is 26.0 Å². The highest BCUT2D eigenvalue weighted by atomic mass is 19.4. The number of alkyl halides is 3. The molecule has 0 unspecified atom stereocenters. The van der Waals surface area contributed by atoms with E-state index in [0.29, 0.717) is 11.7 Å². The third-order valence-corrected chi connectivity index (χ3v) is 5.07. The first-order valence-corrected chi connectivity index (χ1v) is 10.1. The fourth-order valence-electron chi connectivity index (χ4n) is 3.59. The van der Waals surface area contributed by atoms with Crippen LogP contribution in [-0.2, 0) is 6.18 Å². The largest absolute Gasteiger partial charge is 0.460 e. The number of nitrogens with zero attached hydrogens (tertiary/aromatic N) is 4. The Bertz CT molecular complexity index is 1030. The molecule has 162 valence electrons. The van der Waals surface area contributed by atoms with Gasteiger partial charge in [-0.1, -0.05) is 12.5 Å². The normalized spacial score (nSPS) is 15.0. The van der Waals surface area contributed by atoms with Gasteiger partial charge in [0.2, 0.25) is 5.95 Å². The Kier molecular flexibility index (Phi) is 6.01. The second kappa shape index (κ2) is 8.87. The van der Waals surface area contributed by atoms with Gasteiger partial charge in [0.1, 0.15) is 11.8 Å². The van der Waals surface area contributed by atoms with Gasteiger partial charge in [-0.15, -0.1) is 0 Å². The van der Waals surface area contributed by atoms with Crippen molar-refractivity contribution < 1.29 is 17.9 Å². The van der Waals surface area contributed by atoms with Gasteiger partial charge in [0.05, 0.1) is 0 Å². The lowest BCUT2D eigenvalue weighted by Gasteiger charge is -2.21. The number of hydrogen-bond acceptors (Lipinski definition) is 6. The molecule has 3 aromatic rings. The summed E-state index contributed by atoms with van der Waals surface area (Å²) in [7, 11) is 0. The first kappa shape index (κ1) is 21.0. The minimum Gasteiger partial charge on any atom is -0.460 e. The molecule has 0 saturated heterocycles. The van der Waals surface area contributed by atoms with Gasteiger partial charge in [0.25, 0.3) is 0 Å². The zero-order chi connectivity index (χ0) is 21.8. The Morgan fingerprint density at radius 3 is 2.42 bits per heavy atom. The second-order valence-corrected chi connectivity index (χ2v) is 7.61. The number of rotatable bonds is 5. The molecule has 1 fully saturated rings. The molecule has 4 rings (SSSR count). The van der Waals surface area contributed by atoms with Gasteiger partial charge >= 0.3 is 12.2 Å². The molecular weight excluding hydrogens is 407 g/mol. The SMILES string of the molecule is Cc1cc(Nc2nccc(C(F)(F)F)n2)cc(-c2cnc(OC3CCCCC3)nc2)c1. The number of hydrogen-bond donors (Lipinski definition) is 1. The fraction of sp³-hybridized carbons (Fsp3) is 0.364. The molecule has 1 aliphatic rings. The van der Waals surface area contributed by atoms with Crippen molar-refractivity contribution in [1.29, 1.82) is 0 Å². The van der Waals surface area contributed by atoms with E-state index in [-0.39, 0.29) is 12.1 Å². The van der Waals surface area contributed by atoms with Crippen LogP contribution in [0.25, 0.3) is 11.1 Å². The Labute approximate surface area is 177 Å². The third kappa shape index (κ3) is 5.48. The molecule has 2 heterocycles. The van der Waals surface area contributed by atoms with Crippen molar-refractivity contribution in [2.45, 2.75) is 51.3 Å². The molecule has 31 heavy (non-hydrogen) atoms. The first-order valence-electron chi connectivity index (χ1n) is 10.1. The van der Waals surface area contributed by atoms with E-state index >= 15 is 0 Å². The summed E-state index contributed by atoms with van der Waals surface area (Å²) in [6.07, 6.45) is 5.70. The molecular formula is C22H22F3N5O. The molecule has 6 nitrogen and oxygen atoms in total. The number of halogens is 3. The number of nitrogens with one attached hydrogen (secondary N) is 1. The number of benzene rings is 1. The van der Waals surface area contributed by atoms with Gasteiger partial charge in [-0.2, -0.15) is 13.2 Å². The highest BCUT2D eigenvalue weighted by Gasteiger charge is 2.32. The van der Waals surface area contributed by atoms with Crippen LogP contribution in [0.2, 0.25) is 0 Å². The van der Waals surface area contributed by atoms with Crippen LogP contribution < -0.4 is 10.1 Å². The van der Waals surface area contributed by atoms with E-state index in [1.54, 1.807) is 24.5 Å². The smallest absolute Gasteiger partial charge is 0.433 e. The summed E-state index contributed by atoms with van der Waals surface area (Å²) in [6.45, 7) is 1.89. The van der Waals surface area contributed by atoms with Crippen LogP contribution in [0.15, 0.2) is 42.9 Å². The summed E-state index contributed by atoms with van der Waals surface area (Å²) in [4.78, 5) is 16.1. The maximum atomic E-state index is 12.9. The maximum Gasteiger partial charge on any atom is 0.433 e. The van der Waals surface area contributed by atoms with Crippen LogP contribution in [0.3, 0.4) is 0 Å². The lowest BCUT2D eigenvalue weighted by atomic mass is 9.98. The van der Waals surface area contributed by atoms with Crippen LogP contribution in [0.5, 0.6) is 6.01 Å². The van der Waals surface area contributed by atoms with E-state index in [9.17, 15) is 13.2 Å². The van der Waals surface area contributed by atoms with Crippen molar-refractivity contribution in [1.82, 2.24) is 19.9 Å². The molecule has 1 aromatic carbocycles. The molecule has 9 heteroatoms. The Morgan fingerprint density at radius 1 is 0.968 bits per heavy atom. The highest BCUT2D eigenvalue weighted by Crippen LogP contribution is 2.29. The highest BCUT2D eigenvalue weighted by molar-refractivity contribution is 5.70. The second-order valence-electron chi connectivity index (χ2n) is 7.61. The van der Waals surface area contributed by atoms with Gasteiger partial charge in [-0.05, 0) is 61.9 Å². The van der Waals surface area contributed by atoms with E-state index in [1.807, 2.05) is 13.0 Å². The number of ether oxygens (including phenoxy) is 1. The minimum atomic E-state index is -4.53. The van der Waals surface area contributed by atoms with Crippen molar-refractivity contribution in [2.75, 3.05) is 5.32 Å². The Morgan fingerprint density at radius 2 is 1.71 bits per heavy atom.